The van der Waals surface area contributed by atoms with Gasteiger partial charge in [0.15, 0.2) is 12.1 Å². The molecule has 0 N–H and O–H groups in total. The lowest BCUT2D eigenvalue weighted by atomic mass is 10.4. The normalized spacial score (nSPS) is 10.4. The maximum absolute atomic E-state index is 11.4. The lowest BCUT2D eigenvalue weighted by molar-refractivity contribution is 0.0520. The number of carbonyl (C=O) groups is 1. The van der Waals surface area contributed by atoms with Crippen LogP contribution in [0.2, 0.25) is 0 Å². The summed E-state index contributed by atoms with van der Waals surface area (Å²) >= 11 is 1.34. The number of hydrogen-bond donors (Lipinski definition) is 0. The van der Waals surface area contributed by atoms with Crippen LogP contribution in [0, 0.1) is 6.92 Å². The van der Waals surface area contributed by atoms with Gasteiger partial charge in [-0.05, 0) is 13.8 Å². The summed E-state index contributed by atoms with van der Waals surface area (Å²) in [6.07, 6.45) is 1.36. The van der Waals surface area contributed by atoms with Crippen LogP contribution in [0.1, 0.15) is 23.2 Å². The Balaban J connectivity index is 2.26. The van der Waals surface area contributed by atoms with Crippen molar-refractivity contribution in [2.45, 2.75) is 13.8 Å². The van der Waals surface area contributed by atoms with Crippen LogP contribution in [0.5, 0.6) is 0 Å². The van der Waals surface area contributed by atoms with E-state index >= 15 is 0 Å². The van der Waals surface area contributed by atoms with E-state index in [1.54, 1.807) is 19.2 Å². The van der Waals surface area contributed by atoms with E-state index in [4.69, 9.17) is 9.15 Å². The minimum atomic E-state index is -0.411. The predicted octanol–water partition coefficient (Wildman–Crippen LogP) is 2.28. The van der Waals surface area contributed by atoms with E-state index < -0.39 is 5.97 Å². The fraction of sp³-hybridized carbons (Fsp3) is 0.300. The summed E-state index contributed by atoms with van der Waals surface area (Å²) in [7, 11) is 0. The number of rotatable bonds is 3. The molecule has 0 saturated carbocycles. The van der Waals surface area contributed by atoms with Crippen LogP contribution in [-0.2, 0) is 4.74 Å². The molecular formula is C10H10N2O3S. The third-order valence-electron chi connectivity index (χ3n) is 1.94. The number of esters is 1. The van der Waals surface area contributed by atoms with Crippen molar-refractivity contribution in [3.63, 3.8) is 0 Å². The highest BCUT2D eigenvalue weighted by Gasteiger charge is 2.15. The Labute approximate surface area is 96.1 Å². The lowest BCUT2D eigenvalue weighted by Crippen LogP contribution is -2.04. The molecule has 5 nitrogen and oxygen atoms in total. The van der Waals surface area contributed by atoms with Crippen LogP contribution in [0.3, 0.4) is 0 Å². The minimum Gasteiger partial charge on any atom is -0.461 e. The molecule has 0 radical (unpaired) electrons. The second-order valence-electron chi connectivity index (χ2n) is 3.02. The molecule has 2 aromatic heterocycles. The molecule has 0 bridgehead atoms. The van der Waals surface area contributed by atoms with E-state index in [0.717, 1.165) is 0 Å². The summed E-state index contributed by atoms with van der Waals surface area (Å²) in [5.74, 6) is 0.274. The number of nitrogens with zero attached hydrogens (tertiary/aromatic N) is 2. The van der Waals surface area contributed by atoms with Gasteiger partial charge in [-0.3, -0.25) is 0 Å². The van der Waals surface area contributed by atoms with Crippen molar-refractivity contribution in [3.8, 4) is 10.7 Å². The monoisotopic (exact) mass is 238 g/mol. The first-order chi connectivity index (χ1) is 7.72. The highest BCUT2D eigenvalue weighted by molar-refractivity contribution is 7.13. The first kappa shape index (κ1) is 10.8. The predicted molar refractivity (Wildman–Crippen MR) is 58.3 cm³/mol. The largest absolute Gasteiger partial charge is 0.461 e. The van der Waals surface area contributed by atoms with Gasteiger partial charge in [-0.1, -0.05) is 0 Å². The summed E-state index contributed by atoms with van der Waals surface area (Å²) in [6.45, 7) is 3.90. The van der Waals surface area contributed by atoms with Crippen LogP contribution >= 0.6 is 11.3 Å². The maximum atomic E-state index is 11.4. The van der Waals surface area contributed by atoms with Crippen molar-refractivity contribution >= 4 is 17.3 Å². The zero-order valence-electron chi connectivity index (χ0n) is 8.89. The molecule has 0 unspecified atom stereocenters. The van der Waals surface area contributed by atoms with Crippen LogP contribution in [-0.4, -0.2) is 22.5 Å². The second-order valence-corrected chi connectivity index (χ2v) is 3.87. The van der Waals surface area contributed by atoms with Crippen LogP contribution in [0.4, 0.5) is 0 Å². The van der Waals surface area contributed by atoms with Gasteiger partial charge in [0.1, 0.15) is 16.5 Å². The molecule has 0 aliphatic heterocycles. The third kappa shape index (κ3) is 1.96. The summed E-state index contributed by atoms with van der Waals surface area (Å²) in [5.41, 5.74) is 0.977. The molecule has 0 aliphatic carbocycles. The van der Waals surface area contributed by atoms with Gasteiger partial charge < -0.3 is 9.15 Å². The lowest BCUT2D eigenvalue weighted by Gasteiger charge is -1.95. The Morgan fingerprint density at radius 1 is 1.62 bits per heavy atom. The molecule has 2 rings (SSSR count). The minimum absolute atomic E-state index is 0.309. The molecule has 0 fully saturated rings. The SMILES string of the molecule is CCOC(=O)c1csc(-c2ncoc2C)n1. The fourth-order valence-electron chi connectivity index (χ4n) is 1.19. The van der Waals surface area contributed by atoms with Crippen LogP contribution < -0.4 is 0 Å². The van der Waals surface area contributed by atoms with E-state index in [9.17, 15) is 4.79 Å². The highest BCUT2D eigenvalue weighted by Crippen LogP contribution is 2.25. The number of oxazole rings is 1. The Bertz CT molecular complexity index is 504. The zero-order chi connectivity index (χ0) is 11.5. The van der Waals surface area contributed by atoms with Crippen molar-refractivity contribution in [1.82, 2.24) is 9.97 Å². The summed E-state index contributed by atoms with van der Waals surface area (Å²) in [6, 6.07) is 0. The van der Waals surface area contributed by atoms with E-state index in [0.29, 0.717) is 28.8 Å². The molecular weight excluding hydrogens is 228 g/mol. The van der Waals surface area contributed by atoms with Gasteiger partial charge in [0.25, 0.3) is 0 Å². The number of ether oxygens (including phenoxy) is 1. The van der Waals surface area contributed by atoms with Gasteiger partial charge in [0.2, 0.25) is 0 Å². The van der Waals surface area contributed by atoms with Crippen molar-refractivity contribution in [3.05, 3.63) is 23.2 Å². The summed E-state index contributed by atoms with van der Waals surface area (Å²) < 4.78 is 9.93. The Morgan fingerprint density at radius 3 is 3.06 bits per heavy atom. The standard InChI is InChI=1S/C10H10N2O3S/c1-3-14-10(13)7-4-16-9(12-7)8-6(2)15-5-11-8/h4-5H,3H2,1-2H3. The smallest absolute Gasteiger partial charge is 0.357 e. The van der Waals surface area contributed by atoms with E-state index in [1.807, 2.05) is 0 Å². The van der Waals surface area contributed by atoms with Gasteiger partial charge in [0.05, 0.1) is 6.61 Å². The third-order valence-corrected chi connectivity index (χ3v) is 2.79. The van der Waals surface area contributed by atoms with Gasteiger partial charge in [0, 0.05) is 5.38 Å². The number of hydrogen-bond acceptors (Lipinski definition) is 6. The number of aromatic nitrogens is 2. The van der Waals surface area contributed by atoms with Crippen molar-refractivity contribution in [2.24, 2.45) is 0 Å². The molecule has 84 valence electrons. The van der Waals surface area contributed by atoms with Gasteiger partial charge in [-0.15, -0.1) is 11.3 Å². The van der Waals surface area contributed by atoms with Crippen molar-refractivity contribution in [1.29, 1.82) is 0 Å². The zero-order valence-corrected chi connectivity index (χ0v) is 9.71. The fourth-order valence-corrected chi connectivity index (χ4v) is 2.02. The van der Waals surface area contributed by atoms with Gasteiger partial charge in [-0.2, -0.15) is 0 Å². The van der Waals surface area contributed by atoms with Crippen LogP contribution in [0.15, 0.2) is 16.2 Å². The molecule has 0 atom stereocenters. The molecule has 6 heteroatoms. The Morgan fingerprint density at radius 2 is 2.44 bits per heavy atom. The average molecular weight is 238 g/mol. The molecule has 2 heterocycles. The van der Waals surface area contributed by atoms with E-state index in [2.05, 4.69) is 9.97 Å². The molecule has 0 aromatic carbocycles. The second kappa shape index (κ2) is 4.44. The van der Waals surface area contributed by atoms with E-state index in [1.165, 1.54) is 17.7 Å². The Kier molecular flexibility index (Phi) is 3.00. The molecule has 16 heavy (non-hydrogen) atoms. The van der Waals surface area contributed by atoms with Crippen molar-refractivity contribution < 1.29 is 13.9 Å². The van der Waals surface area contributed by atoms with Crippen LogP contribution in [0.25, 0.3) is 10.7 Å². The molecule has 0 saturated heterocycles. The Hall–Kier alpha value is -1.69. The molecule has 2 aromatic rings. The summed E-state index contributed by atoms with van der Waals surface area (Å²) in [5, 5.41) is 2.32. The highest BCUT2D eigenvalue weighted by atomic mass is 32.1. The van der Waals surface area contributed by atoms with Gasteiger partial charge in [-0.25, -0.2) is 14.8 Å². The quantitative estimate of drug-likeness (QED) is 0.767. The number of carbonyl (C=O) groups excluding carboxylic acids is 1. The molecule has 0 aliphatic rings. The molecule has 0 amide bonds. The van der Waals surface area contributed by atoms with Crippen molar-refractivity contribution in [2.75, 3.05) is 6.61 Å². The summed E-state index contributed by atoms with van der Waals surface area (Å²) in [4.78, 5) is 19.6. The topological polar surface area (TPSA) is 65.2 Å². The number of thiazole rings is 1. The average Bonchev–Trinajstić information content (AvgIpc) is 2.86. The maximum Gasteiger partial charge on any atom is 0.357 e. The first-order valence-electron chi connectivity index (χ1n) is 4.75. The van der Waals surface area contributed by atoms with Gasteiger partial charge >= 0.3 is 5.97 Å². The van der Waals surface area contributed by atoms with E-state index in [-0.39, 0.29) is 0 Å². The molecule has 0 spiro atoms. The first-order valence-corrected chi connectivity index (χ1v) is 5.63. The number of aryl methyl sites for hydroxylation is 1.